The average Bonchev–Trinajstić information content (AvgIpc) is 1.64. The van der Waals surface area contributed by atoms with Crippen molar-refractivity contribution in [1.29, 1.82) is 0 Å². The van der Waals surface area contributed by atoms with E-state index in [-0.39, 0.29) is 12.4 Å². The molecule has 0 bridgehead atoms. The smallest absolute Gasteiger partial charge is 0.130 e. The molecule has 0 amide bonds. The Balaban J connectivity index is 0.000000640. The van der Waals surface area contributed by atoms with Gasteiger partial charge in [-0.25, -0.2) is 4.98 Å². The van der Waals surface area contributed by atoms with Crippen molar-refractivity contribution in [1.82, 2.24) is 4.98 Å². The second-order valence-corrected chi connectivity index (χ2v) is 2.06. The molecule has 1 heterocycles. The molecule has 1 nitrogen and oxygen atoms in total. The quantitative estimate of drug-likeness (QED) is 0.565. The third kappa shape index (κ3) is 2.89. The largest absolute Gasteiger partial charge is 0.224 e. The fraction of sp³-hybridized carbons (Fsp3) is 0. The van der Waals surface area contributed by atoms with E-state index in [1.54, 1.807) is 18.2 Å². The number of pyridine rings is 1. The fourth-order valence-electron chi connectivity index (χ4n) is 0.383. The Morgan fingerprint density at radius 1 is 1.11 bits per heavy atom. The molecular weight excluding hydrogens is 180 g/mol. The predicted molar refractivity (Wildman–Crippen MR) is 41.5 cm³/mol. The lowest BCUT2D eigenvalue weighted by Gasteiger charge is -1.85. The van der Waals surface area contributed by atoms with Crippen molar-refractivity contribution in [3.8, 4) is 0 Å². The Kier molecular flexibility index (Phi) is 3.95. The molecule has 9 heavy (non-hydrogen) atoms. The molecule has 0 radical (unpaired) electrons. The monoisotopic (exact) mass is 183 g/mol. The van der Waals surface area contributed by atoms with Crippen LogP contribution in [0.3, 0.4) is 0 Å². The molecule has 1 aromatic heterocycles. The van der Waals surface area contributed by atoms with Gasteiger partial charge in [-0.2, -0.15) is 0 Å². The summed E-state index contributed by atoms with van der Waals surface area (Å²) < 4.78 is 0. The Bertz CT molecular complexity index is 172. The highest BCUT2D eigenvalue weighted by atomic mass is 35.5. The average molecular weight is 184 g/mol. The van der Waals surface area contributed by atoms with E-state index in [4.69, 9.17) is 23.2 Å². The molecule has 0 saturated carbocycles. The lowest BCUT2D eigenvalue weighted by molar-refractivity contribution is 1.33. The first-order valence-electron chi connectivity index (χ1n) is 2.07. The van der Waals surface area contributed by atoms with Gasteiger partial charge in [0.25, 0.3) is 0 Å². The van der Waals surface area contributed by atoms with Gasteiger partial charge < -0.3 is 0 Å². The maximum atomic E-state index is 5.45. The van der Waals surface area contributed by atoms with Crippen LogP contribution in [0.5, 0.6) is 0 Å². The molecule has 0 aliphatic rings. The molecule has 0 fully saturated rings. The molecule has 0 aliphatic carbocycles. The number of hydrogen-bond donors (Lipinski definition) is 0. The normalized spacial score (nSPS) is 8.22. The molecule has 0 aromatic carbocycles. The minimum absolute atomic E-state index is 0. The zero-order valence-corrected chi connectivity index (χ0v) is 6.67. The first-order chi connectivity index (χ1) is 3.79. The maximum absolute atomic E-state index is 5.45. The summed E-state index contributed by atoms with van der Waals surface area (Å²) in [5.74, 6) is 0. The minimum atomic E-state index is 0. The standard InChI is InChI=1S/C5H3Cl2N.ClH/c6-4-2-1-3-5(7)8-4;/h1-3H;1H. The Hall–Kier alpha value is 0.0200. The van der Waals surface area contributed by atoms with E-state index in [2.05, 4.69) is 4.98 Å². The van der Waals surface area contributed by atoms with Crippen molar-refractivity contribution >= 4 is 35.6 Å². The second kappa shape index (κ2) is 3.94. The van der Waals surface area contributed by atoms with Gasteiger partial charge in [0.05, 0.1) is 0 Å². The number of nitrogens with zero attached hydrogens (tertiary/aromatic N) is 1. The minimum Gasteiger partial charge on any atom is -0.224 e. The highest BCUT2D eigenvalue weighted by Crippen LogP contribution is 2.08. The van der Waals surface area contributed by atoms with Crippen LogP contribution in [0, 0.1) is 0 Å². The van der Waals surface area contributed by atoms with Crippen LogP contribution in [0.15, 0.2) is 18.2 Å². The zero-order valence-electron chi connectivity index (χ0n) is 4.34. The molecule has 0 unspecified atom stereocenters. The van der Waals surface area contributed by atoms with Gasteiger partial charge in [0.15, 0.2) is 0 Å². The molecule has 1 aromatic rings. The summed E-state index contributed by atoms with van der Waals surface area (Å²) >= 11 is 10.9. The lowest BCUT2D eigenvalue weighted by atomic mass is 10.5. The molecule has 50 valence electrons. The molecular formula is C5H4Cl3N. The second-order valence-electron chi connectivity index (χ2n) is 1.28. The first kappa shape index (κ1) is 9.02. The van der Waals surface area contributed by atoms with Gasteiger partial charge >= 0.3 is 0 Å². The Labute approximate surface area is 69.4 Å². The number of rotatable bonds is 0. The summed E-state index contributed by atoms with van der Waals surface area (Å²) in [5, 5.41) is 0.856. The van der Waals surface area contributed by atoms with Gasteiger partial charge in [0.1, 0.15) is 10.3 Å². The SMILES string of the molecule is Cl.Clc1cccc(Cl)n1. The fourth-order valence-corrected chi connectivity index (χ4v) is 0.754. The van der Waals surface area contributed by atoms with Crippen LogP contribution in [-0.4, -0.2) is 4.98 Å². The van der Waals surface area contributed by atoms with Crippen LogP contribution in [0.2, 0.25) is 10.3 Å². The molecule has 0 saturated heterocycles. The van der Waals surface area contributed by atoms with Crippen LogP contribution in [-0.2, 0) is 0 Å². The summed E-state index contributed by atoms with van der Waals surface area (Å²) in [5.41, 5.74) is 0. The van der Waals surface area contributed by atoms with Crippen molar-refractivity contribution in [3.63, 3.8) is 0 Å². The Morgan fingerprint density at radius 2 is 1.56 bits per heavy atom. The van der Waals surface area contributed by atoms with Gasteiger partial charge in [0, 0.05) is 0 Å². The predicted octanol–water partition coefficient (Wildman–Crippen LogP) is 2.81. The van der Waals surface area contributed by atoms with E-state index in [1.165, 1.54) is 0 Å². The van der Waals surface area contributed by atoms with Gasteiger partial charge in [0.2, 0.25) is 0 Å². The van der Waals surface area contributed by atoms with Gasteiger partial charge in [-0.15, -0.1) is 12.4 Å². The van der Waals surface area contributed by atoms with E-state index < -0.39 is 0 Å². The van der Waals surface area contributed by atoms with E-state index in [1.807, 2.05) is 0 Å². The molecule has 0 aliphatic heterocycles. The summed E-state index contributed by atoms with van der Waals surface area (Å²) in [6, 6.07) is 5.10. The van der Waals surface area contributed by atoms with E-state index >= 15 is 0 Å². The van der Waals surface area contributed by atoms with E-state index in [0.717, 1.165) is 0 Å². The van der Waals surface area contributed by atoms with Crippen molar-refractivity contribution < 1.29 is 0 Å². The third-order valence-corrected chi connectivity index (χ3v) is 1.10. The van der Waals surface area contributed by atoms with Gasteiger partial charge in [-0.3, -0.25) is 0 Å². The van der Waals surface area contributed by atoms with Crippen molar-refractivity contribution in [3.05, 3.63) is 28.5 Å². The molecule has 0 atom stereocenters. The van der Waals surface area contributed by atoms with Crippen molar-refractivity contribution in [2.75, 3.05) is 0 Å². The van der Waals surface area contributed by atoms with E-state index in [9.17, 15) is 0 Å². The molecule has 0 N–H and O–H groups in total. The number of aromatic nitrogens is 1. The Morgan fingerprint density at radius 3 is 1.78 bits per heavy atom. The zero-order chi connectivity index (χ0) is 5.98. The highest BCUT2D eigenvalue weighted by molar-refractivity contribution is 6.32. The van der Waals surface area contributed by atoms with Gasteiger partial charge in [-0.05, 0) is 12.1 Å². The van der Waals surface area contributed by atoms with Crippen LogP contribution in [0.4, 0.5) is 0 Å². The summed E-state index contributed by atoms with van der Waals surface area (Å²) in [4.78, 5) is 3.70. The summed E-state index contributed by atoms with van der Waals surface area (Å²) in [7, 11) is 0. The number of halogens is 3. The number of hydrogen-bond acceptors (Lipinski definition) is 1. The molecule has 0 spiro atoms. The topological polar surface area (TPSA) is 12.9 Å². The summed E-state index contributed by atoms with van der Waals surface area (Å²) in [6.07, 6.45) is 0. The van der Waals surface area contributed by atoms with Crippen LogP contribution >= 0.6 is 35.6 Å². The van der Waals surface area contributed by atoms with Crippen LogP contribution in [0.25, 0.3) is 0 Å². The third-order valence-electron chi connectivity index (χ3n) is 0.681. The van der Waals surface area contributed by atoms with E-state index in [0.29, 0.717) is 10.3 Å². The van der Waals surface area contributed by atoms with Crippen molar-refractivity contribution in [2.24, 2.45) is 0 Å². The van der Waals surface area contributed by atoms with Crippen LogP contribution in [0.1, 0.15) is 0 Å². The first-order valence-corrected chi connectivity index (χ1v) is 2.83. The lowest BCUT2D eigenvalue weighted by Crippen LogP contribution is -1.71. The highest BCUT2D eigenvalue weighted by Gasteiger charge is 1.86. The summed E-state index contributed by atoms with van der Waals surface area (Å²) in [6.45, 7) is 0. The molecule has 4 heteroatoms. The van der Waals surface area contributed by atoms with Crippen LogP contribution < -0.4 is 0 Å². The van der Waals surface area contributed by atoms with Gasteiger partial charge in [-0.1, -0.05) is 29.3 Å². The maximum Gasteiger partial charge on any atom is 0.130 e. The van der Waals surface area contributed by atoms with Crippen molar-refractivity contribution in [2.45, 2.75) is 0 Å². The molecule has 1 rings (SSSR count).